The summed E-state index contributed by atoms with van der Waals surface area (Å²) in [6.07, 6.45) is 2.33. The Kier molecular flexibility index (Phi) is 7.72. The van der Waals surface area contributed by atoms with Crippen molar-refractivity contribution in [3.8, 4) is 5.75 Å². The van der Waals surface area contributed by atoms with Gasteiger partial charge in [-0.1, -0.05) is 54.3 Å². The Labute approximate surface area is 193 Å². The monoisotopic (exact) mass is 454 g/mol. The number of halogens is 1. The molecule has 0 spiro atoms. The molecule has 1 aliphatic rings. The third-order valence-corrected chi connectivity index (χ3v) is 5.49. The van der Waals surface area contributed by atoms with Crippen LogP contribution in [0.25, 0.3) is 5.76 Å². The van der Waals surface area contributed by atoms with Gasteiger partial charge in [0.05, 0.1) is 26.7 Å². The predicted octanol–water partition coefficient (Wildman–Crippen LogP) is 1.66. The third kappa shape index (κ3) is 5.21. The molecule has 1 fully saturated rings. The van der Waals surface area contributed by atoms with Crippen molar-refractivity contribution >= 4 is 29.1 Å². The normalized spacial score (nSPS) is 17.8. The molecule has 0 aliphatic carbocycles. The van der Waals surface area contributed by atoms with E-state index in [0.717, 1.165) is 6.54 Å². The fourth-order valence-electron chi connectivity index (χ4n) is 3.74. The van der Waals surface area contributed by atoms with Crippen molar-refractivity contribution < 1.29 is 24.3 Å². The number of quaternary nitrogens is 1. The molecule has 168 valence electrons. The van der Waals surface area contributed by atoms with E-state index in [-0.39, 0.29) is 5.57 Å². The number of carbonyl (C=O) groups excluding carboxylic acids is 2. The van der Waals surface area contributed by atoms with Crippen molar-refractivity contribution in [2.24, 2.45) is 0 Å². The second kappa shape index (κ2) is 10.5. The minimum Gasteiger partial charge on any atom is -0.872 e. The van der Waals surface area contributed by atoms with Crippen LogP contribution in [0.3, 0.4) is 0 Å². The maximum atomic E-state index is 13.4. The van der Waals surface area contributed by atoms with Crippen LogP contribution in [0.1, 0.15) is 23.6 Å². The van der Waals surface area contributed by atoms with E-state index in [0.29, 0.717) is 41.5 Å². The Morgan fingerprint density at radius 3 is 2.56 bits per heavy atom. The van der Waals surface area contributed by atoms with E-state index in [2.05, 4.69) is 6.58 Å². The molecule has 1 aliphatic heterocycles. The summed E-state index contributed by atoms with van der Waals surface area (Å²) in [5.41, 5.74) is 0.913. The average molecular weight is 455 g/mol. The number of ether oxygens (including phenoxy) is 1. The number of ketones is 1. The van der Waals surface area contributed by atoms with Crippen LogP contribution in [0.2, 0.25) is 5.02 Å². The quantitative estimate of drug-likeness (QED) is 0.271. The van der Waals surface area contributed by atoms with Crippen molar-refractivity contribution in [3.05, 3.63) is 82.9 Å². The summed E-state index contributed by atoms with van der Waals surface area (Å²) in [7, 11) is 4.05. The largest absolute Gasteiger partial charge is 0.872 e. The smallest absolute Gasteiger partial charge is 0.295 e. The number of benzene rings is 2. The summed E-state index contributed by atoms with van der Waals surface area (Å²) < 4.78 is 5.46. The molecule has 1 heterocycles. The van der Waals surface area contributed by atoms with Crippen molar-refractivity contribution in [2.75, 3.05) is 33.8 Å². The molecule has 2 aromatic rings. The lowest BCUT2D eigenvalue weighted by Crippen LogP contribution is -3.05. The minimum absolute atomic E-state index is 0.0470. The van der Waals surface area contributed by atoms with Gasteiger partial charge >= 0.3 is 0 Å². The first-order chi connectivity index (χ1) is 15.3. The first-order valence-corrected chi connectivity index (χ1v) is 10.9. The van der Waals surface area contributed by atoms with Gasteiger partial charge in [-0.15, -0.1) is 0 Å². The molecule has 6 nitrogen and oxygen atoms in total. The molecule has 1 amide bonds. The van der Waals surface area contributed by atoms with Crippen LogP contribution >= 0.6 is 11.6 Å². The number of amides is 1. The molecule has 1 saturated heterocycles. The van der Waals surface area contributed by atoms with Crippen LogP contribution in [0.4, 0.5) is 0 Å². The fourth-order valence-corrected chi connectivity index (χ4v) is 3.94. The van der Waals surface area contributed by atoms with E-state index < -0.39 is 23.5 Å². The predicted molar refractivity (Wildman–Crippen MR) is 122 cm³/mol. The highest BCUT2D eigenvalue weighted by molar-refractivity contribution is 6.46. The molecule has 32 heavy (non-hydrogen) atoms. The van der Waals surface area contributed by atoms with Gasteiger partial charge in [-0.2, -0.15) is 0 Å². The summed E-state index contributed by atoms with van der Waals surface area (Å²) in [5.74, 6) is -1.30. The highest BCUT2D eigenvalue weighted by atomic mass is 35.5. The van der Waals surface area contributed by atoms with Crippen molar-refractivity contribution in [1.29, 1.82) is 0 Å². The van der Waals surface area contributed by atoms with Gasteiger partial charge in [-0.25, -0.2) is 0 Å². The third-order valence-electron chi connectivity index (χ3n) is 5.25. The zero-order valence-electron chi connectivity index (χ0n) is 18.3. The number of hydrogen-bond donors (Lipinski definition) is 1. The second-order valence-corrected chi connectivity index (χ2v) is 8.40. The number of rotatable bonds is 9. The molecule has 2 aromatic carbocycles. The van der Waals surface area contributed by atoms with E-state index in [9.17, 15) is 14.7 Å². The van der Waals surface area contributed by atoms with E-state index >= 15 is 0 Å². The average Bonchev–Trinajstić information content (AvgIpc) is 3.02. The lowest BCUT2D eigenvalue weighted by molar-refractivity contribution is -0.858. The standard InChI is InChI=1S/C25H27ClN2O4/c1-4-15-32-20-11-9-17(10-12-20)23(29)21-22(18-7-5-8-19(26)16-18)28(25(31)24(21)30)14-6-13-27(2)3/h4-5,7-12,16,22,29H,1,6,13-15H2,2-3H3. The lowest BCUT2D eigenvalue weighted by Gasteiger charge is -2.27. The highest BCUT2D eigenvalue weighted by Gasteiger charge is 2.44. The van der Waals surface area contributed by atoms with Gasteiger partial charge in [0.15, 0.2) is 0 Å². The molecule has 0 saturated carbocycles. The molecule has 0 aromatic heterocycles. The van der Waals surface area contributed by atoms with Crippen LogP contribution in [-0.2, 0) is 9.59 Å². The Hall–Kier alpha value is -3.09. The second-order valence-electron chi connectivity index (χ2n) is 7.96. The fraction of sp³-hybridized carbons (Fsp3) is 0.280. The maximum absolute atomic E-state index is 13.4. The minimum atomic E-state index is -0.768. The first-order valence-electron chi connectivity index (χ1n) is 10.5. The van der Waals surface area contributed by atoms with E-state index in [1.807, 2.05) is 14.1 Å². The van der Waals surface area contributed by atoms with Crippen LogP contribution in [-0.4, -0.2) is 50.4 Å². The van der Waals surface area contributed by atoms with Crippen molar-refractivity contribution in [2.45, 2.75) is 12.5 Å². The molecule has 0 radical (unpaired) electrons. The van der Waals surface area contributed by atoms with E-state index in [4.69, 9.17) is 16.3 Å². The van der Waals surface area contributed by atoms with Gasteiger partial charge in [0.1, 0.15) is 12.4 Å². The van der Waals surface area contributed by atoms with Gasteiger partial charge in [0.2, 0.25) is 5.78 Å². The van der Waals surface area contributed by atoms with Crippen LogP contribution in [0, 0.1) is 0 Å². The first kappa shape index (κ1) is 23.6. The van der Waals surface area contributed by atoms with Crippen molar-refractivity contribution in [1.82, 2.24) is 4.90 Å². The molecule has 7 heteroatoms. The SMILES string of the molecule is C=CCOc1ccc(C([O-])=C2C(=O)C(=O)N(CCC[NH+](C)C)C2c2cccc(Cl)c2)cc1. The number of nitrogens with zero attached hydrogens (tertiary/aromatic N) is 1. The van der Waals surface area contributed by atoms with Crippen LogP contribution in [0.5, 0.6) is 5.75 Å². The van der Waals surface area contributed by atoms with Crippen LogP contribution < -0.4 is 14.7 Å². The molecular formula is C25H27ClN2O4. The number of nitrogens with one attached hydrogen (secondary N) is 1. The lowest BCUT2D eigenvalue weighted by atomic mass is 9.95. The number of carbonyl (C=O) groups is 2. The van der Waals surface area contributed by atoms with Gasteiger partial charge in [0.25, 0.3) is 5.91 Å². The summed E-state index contributed by atoms with van der Waals surface area (Å²) in [6, 6.07) is 12.7. The van der Waals surface area contributed by atoms with Crippen LogP contribution in [0.15, 0.2) is 66.8 Å². The van der Waals surface area contributed by atoms with E-state index in [1.165, 1.54) is 9.80 Å². The summed E-state index contributed by atoms with van der Waals surface area (Å²) in [5, 5.41) is 13.9. The Morgan fingerprint density at radius 2 is 1.94 bits per heavy atom. The van der Waals surface area contributed by atoms with Gasteiger partial charge < -0.3 is 19.6 Å². The summed E-state index contributed by atoms with van der Waals surface area (Å²) in [6.45, 7) is 5.15. The highest BCUT2D eigenvalue weighted by Crippen LogP contribution is 2.39. The number of likely N-dealkylation sites (tertiary alicyclic amines) is 1. The zero-order chi connectivity index (χ0) is 23.3. The topological polar surface area (TPSA) is 74.1 Å². The summed E-state index contributed by atoms with van der Waals surface area (Å²) >= 11 is 6.19. The Bertz CT molecular complexity index is 1030. The number of hydrogen-bond acceptors (Lipinski definition) is 4. The molecule has 1 atom stereocenters. The van der Waals surface area contributed by atoms with Crippen molar-refractivity contribution in [3.63, 3.8) is 0 Å². The molecule has 1 unspecified atom stereocenters. The molecule has 3 rings (SSSR count). The van der Waals surface area contributed by atoms with Gasteiger partial charge in [-0.3, -0.25) is 9.59 Å². The van der Waals surface area contributed by atoms with Gasteiger partial charge in [0, 0.05) is 23.6 Å². The number of Topliss-reactive ketones (excluding diaryl/α,β-unsaturated/α-hetero) is 1. The zero-order valence-corrected chi connectivity index (χ0v) is 19.0. The molecule has 0 bridgehead atoms. The maximum Gasteiger partial charge on any atom is 0.295 e. The Balaban J connectivity index is 2.03. The Morgan fingerprint density at radius 1 is 1.22 bits per heavy atom. The van der Waals surface area contributed by atoms with Gasteiger partial charge in [-0.05, 0) is 35.4 Å². The molecular weight excluding hydrogens is 428 g/mol. The molecule has 1 N–H and O–H groups in total. The summed E-state index contributed by atoms with van der Waals surface area (Å²) in [4.78, 5) is 28.6. The van der Waals surface area contributed by atoms with E-state index in [1.54, 1.807) is 54.6 Å².